The number of ether oxygens (including phenoxy) is 1. The smallest absolute Gasteiger partial charge is 0.188 e. The van der Waals surface area contributed by atoms with E-state index in [1.807, 2.05) is 12.1 Å². The molecule has 0 radical (unpaired) electrons. The lowest BCUT2D eigenvalue weighted by Gasteiger charge is -2.24. The number of hydrogen-bond donors (Lipinski definition) is 0. The van der Waals surface area contributed by atoms with Gasteiger partial charge in [0.25, 0.3) is 0 Å². The van der Waals surface area contributed by atoms with Crippen molar-refractivity contribution in [2.75, 3.05) is 24.6 Å². The number of anilines is 1. The van der Waals surface area contributed by atoms with Crippen LogP contribution in [0.1, 0.15) is 19.8 Å². The predicted molar refractivity (Wildman–Crippen MR) is 93.0 cm³/mol. The van der Waals surface area contributed by atoms with Crippen LogP contribution in [0.4, 0.5) is 10.2 Å². The van der Waals surface area contributed by atoms with Crippen LogP contribution in [0.25, 0.3) is 17.0 Å². The summed E-state index contributed by atoms with van der Waals surface area (Å²) in [5, 5.41) is 12.9. The number of halogens is 1. The number of rotatable bonds is 5. The van der Waals surface area contributed by atoms with Gasteiger partial charge in [-0.1, -0.05) is 12.1 Å². The second kappa shape index (κ2) is 6.76. The van der Waals surface area contributed by atoms with Crippen LogP contribution < -0.4 is 4.90 Å². The molecule has 0 aliphatic carbocycles. The van der Waals surface area contributed by atoms with Crippen LogP contribution in [-0.2, 0) is 4.74 Å². The summed E-state index contributed by atoms with van der Waals surface area (Å²) in [4.78, 5) is 2.17. The standard InChI is InChI=1S/C18H20FN5O/c1-2-23(12-13-6-5-11-25-13)17-10-9-16-20-21-18(24(16)22-17)14-7-3-4-8-15(14)19/h3-4,7-10,13H,2,5-6,11-12H2,1H3. The molecule has 1 aliphatic rings. The molecule has 7 heteroatoms. The van der Waals surface area contributed by atoms with E-state index in [2.05, 4.69) is 27.1 Å². The summed E-state index contributed by atoms with van der Waals surface area (Å²) in [6, 6.07) is 10.3. The Morgan fingerprint density at radius 2 is 2.12 bits per heavy atom. The normalized spacial score (nSPS) is 17.3. The lowest BCUT2D eigenvalue weighted by Crippen LogP contribution is -2.33. The van der Waals surface area contributed by atoms with Gasteiger partial charge in [0.2, 0.25) is 0 Å². The van der Waals surface area contributed by atoms with Crippen LogP contribution in [0.15, 0.2) is 36.4 Å². The third kappa shape index (κ3) is 3.07. The van der Waals surface area contributed by atoms with Crippen molar-refractivity contribution in [3.8, 4) is 11.4 Å². The Labute approximate surface area is 145 Å². The third-order valence-corrected chi connectivity index (χ3v) is 4.52. The van der Waals surface area contributed by atoms with Gasteiger partial charge >= 0.3 is 0 Å². The van der Waals surface area contributed by atoms with Crippen LogP contribution in [-0.4, -0.2) is 45.6 Å². The maximum Gasteiger partial charge on any atom is 0.188 e. The molecular weight excluding hydrogens is 321 g/mol. The molecule has 0 bridgehead atoms. The first-order valence-electron chi connectivity index (χ1n) is 8.60. The number of benzene rings is 1. The molecule has 1 atom stereocenters. The van der Waals surface area contributed by atoms with Crippen molar-refractivity contribution in [2.24, 2.45) is 0 Å². The first-order chi connectivity index (χ1) is 12.3. The van der Waals surface area contributed by atoms with Gasteiger partial charge in [-0.25, -0.2) is 4.39 Å². The highest BCUT2D eigenvalue weighted by Gasteiger charge is 2.20. The van der Waals surface area contributed by atoms with E-state index in [4.69, 9.17) is 4.74 Å². The molecule has 6 nitrogen and oxygen atoms in total. The van der Waals surface area contributed by atoms with E-state index in [1.165, 1.54) is 6.07 Å². The zero-order chi connectivity index (χ0) is 17.2. The molecule has 1 saturated heterocycles. The fraction of sp³-hybridized carbons (Fsp3) is 0.389. The van der Waals surface area contributed by atoms with E-state index in [0.29, 0.717) is 17.0 Å². The lowest BCUT2D eigenvalue weighted by molar-refractivity contribution is 0.115. The summed E-state index contributed by atoms with van der Waals surface area (Å²) in [5.41, 5.74) is 0.983. The molecule has 130 valence electrons. The van der Waals surface area contributed by atoms with E-state index in [-0.39, 0.29) is 11.9 Å². The van der Waals surface area contributed by atoms with Crippen molar-refractivity contribution in [1.29, 1.82) is 0 Å². The second-order valence-electron chi connectivity index (χ2n) is 6.14. The van der Waals surface area contributed by atoms with Gasteiger partial charge < -0.3 is 9.64 Å². The van der Waals surface area contributed by atoms with Crippen LogP contribution in [0.3, 0.4) is 0 Å². The van der Waals surface area contributed by atoms with Crippen molar-refractivity contribution >= 4 is 11.5 Å². The molecule has 3 aromatic rings. The van der Waals surface area contributed by atoms with Crippen LogP contribution in [0.5, 0.6) is 0 Å². The summed E-state index contributed by atoms with van der Waals surface area (Å²) in [7, 11) is 0. The summed E-state index contributed by atoms with van der Waals surface area (Å²) < 4.78 is 21.5. The first kappa shape index (κ1) is 16.0. The van der Waals surface area contributed by atoms with E-state index < -0.39 is 0 Å². The zero-order valence-electron chi connectivity index (χ0n) is 14.1. The number of fused-ring (bicyclic) bond motifs is 1. The molecule has 1 aliphatic heterocycles. The molecule has 4 rings (SSSR count). The first-order valence-corrected chi connectivity index (χ1v) is 8.60. The molecular formula is C18H20FN5O. The predicted octanol–water partition coefficient (Wildman–Crippen LogP) is 2.94. The van der Waals surface area contributed by atoms with E-state index in [1.54, 1.807) is 22.7 Å². The molecule has 1 aromatic carbocycles. The van der Waals surface area contributed by atoms with Gasteiger partial charge in [0.05, 0.1) is 11.7 Å². The Kier molecular flexibility index (Phi) is 4.31. The number of nitrogens with zero attached hydrogens (tertiary/aromatic N) is 5. The van der Waals surface area contributed by atoms with Gasteiger partial charge in [0, 0.05) is 19.7 Å². The average Bonchev–Trinajstić information content (AvgIpc) is 3.29. The second-order valence-corrected chi connectivity index (χ2v) is 6.14. The van der Waals surface area contributed by atoms with Gasteiger partial charge in [0.15, 0.2) is 11.5 Å². The highest BCUT2D eigenvalue weighted by molar-refractivity contribution is 5.60. The Morgan fingerprint density at radius 3 is 2.88 bits per heavy atom. The van der Waals surface area contributed by atoms with E-state index in [9.17, 15) is 4.39 Å². The minimum absolute atomic E-state index is 0.240. The zero-order valence-corrected chi connectivity index (χ0v) is 14.1. The topological polar surface area (TPSA) is 55.5 Å². The number of aromatic nitrogens is 4. The quantitative estimate of drug-likeness (QED) is 0.714. The van der Waals surface area contributed by atoms with Gasteiger partial charge in [-0.05, 0) is 44.0 Å². The molecule has 0 spiro atoms. The van der Waals surface area contributed by atoms with Gasteiger partial charge in [-0.15, -0.1) is 15.3 Å². The minimum Gasteiger partial charge on any atom is -0.376 e. The van der Waals surface area contributed by atoms with Crippen LogP contribution >= 0.6 is 0 Å². The molecule has 3 heterocycles. The summed E-state index contributed by atoms with van der Waals surface area (Å²) in [5.74, 6) is 0.877. The molecule has 0 saturated carbocycles. The average molecular weight is 341 g/mol. The molecule has 25 heavy (non-hydrogen) atoms. The number of hydrogen-bond acceptors (Lipinski definition) is 5. The van der Waals surface area contributed by atoms with Crippen molar-refractivity contribution < 1.29 is 9.13 Å². The molecule has 2 aromatic heterocycles. The minimum atomic E-state index is -0.337. The van der Waals surface area contributed by atoms with E-state index >= 15 is 0 Å². The van der Waals surface area contributed by atoms with Crippen molar-refractivity contribution in [3.05, 3.63) is 42.2 Å². The Hall–Kier alpha value is -2.54. The largest absolute Gasteiger partial charge is 0.376 e. The lowest BCUT2D eigenvalue weighted by atomic mass is 10.2. The summed E-state index contributed by atoms with van der Waals surface area (Å²) in [6.45, 7) is 4.53. The van der Waals surface area contributed by atoms with Crippen LogP contribution in [0, 0.1) is 5.82 Å². The SMILES string of the molecule is CCN(CC1CCCO1)c1ccc2nnc(-c3ccccc3F)n2n1. The maximum absolute atomic E-state index is 14.1. The summed E-state index contributed by atoms with van der Waals surface area (Å²) >= 11 is 0. The highest BCUT2D eigenvalue weighted by atomic mass is 19.1. The number of likely N-dealkylation sites (N-methyl/N-ethyl adjacent to an activating group) is 1. The maximum atomic E-state index is 14.1. The van der Waals surface area contributed by atoms with E-state index in [0.717, 1.165) is 38.4 Å². The fourth-order valence-electron chi connectivity index (χ4n) is 3.18. The highest BCUT2D eigenvalue weighted by Crippen LogP contribution is 2.23. The van der Waals surface area contributed by atoms with Crippen molar-refractivity contribution in [1.82, 2.24) is 19.8 Å². The molecule has 0 N–H and O–H groups in total. The van der Waals surface area contributed by atoms with Gasteiger partial charge in [0.1, 0.15) is 11.6 Å². The van der Waals surface area contributed by atoms with Gasteiger partial charge in [-0.3, -0.25) is 0 Å². The Balaban J connectivity index is 1.71. The van der Waals surface area contributed by atoms with Gasteiger partial charge in [-0.2, -0.15) is 4.52 Å². The Morgan fingerprint density at radius 1 is 1.24 bits per heavy atom. The van der Waals surface area contributed by atoms with Crippen molar-refractivity contribution in [2.45, 2.75) is 25.9 Å². The summed E-state index contributed by atoms with van der Waals surface area (Å²) in [6.07, 6.45) is 2.42. The van der Waals surface area contributed by atoms with Crippen molar-refractivity contribution in [3.63, 3.8) is 0 Å². The fourth-order valence-corrected chi connectivity index (χ4v) is 3.18. The Bertz CT molecular complexity index is 875. The molecule has 1 unspecified atom stereocenters. The molecule has 1 fully saturated rings. The monoisotopic (exact) mass is 341 g/mol. The van der Waals surface area contributed by atoms with Crippen LogP contribution in [0.2, 0.25) is 0 Å². The third-order valence-electron chi connectivity index (χ3n) is 4.52. The molecule has 0 amide bonds.